The van der Waals surface area contributed by atoms with E-state index in [2.05, 4.69) is 10.6 Å². The number of amides is 1. The summed E-state index contributed by atoms with van der Waals surface area (Å²) >= 11 is 0. The van der Waals surface area contributed by atoms with E-state index in [1.807, 2.05) is 0 Å². The van der Waals surface area contributed by atoms with Gasteiger partial charge in [0.2, 0.25) is 0 Å². The maximum absolute atomic E-state index is 12.1. The van der Waals surface area contributed by atoms with Gasteiger partial charge in [-0.1, -0.05) is 0 Å². The van der Waals surface area contributed by atoms with Crippen LogP contribution in [0.1, 0.15) is 19.8 Å². The molecule has 3 aliphatic rings. The summed E-state index contributed by atoms with van der Waals surface area (Å²) in [5, 5.41) is 76.9. The van der Waals surface area contributed by atoms with E-state index >= 15 is 0 Å². The zero-order chi connectivity index (χ0) is 32.9. The van der Waals surface area contributed by atoms with E-state index in [4.69, 9.17) is 46.6 Å². The second kappa shape index (κ2) is 16.6. The van der Waals surface area contributed by atoms with Crippen LogP contribution in [0.5, 0.6) is 0 Å². The van der Waals surface area contributed by atoms with E-state index in [0.29, 0.717) is 0 Å². The number of ether oxygens (including phenoxy) is 5. The largest absolute Gasteiger partial charge is 0.395 e. The molecule has 1 saturated carbocycles. The van der Waals surface area contributed by atoms with E-state index < -0.39 is 130 Å². The number of nitrogens with one attached hydrogen (secondary N) is 2. The molecule has 0 radical (unpaired) electrons. The van der Waals surface area contributed by atoms with Gasteiger partial charge in [0.1, 0.15) is 36.6 Å². The fourth-order valence-electron chi connectivity index (χ4n) is 5.48. The monoisotopic (exact) mass is 642 g/mol. The Morgan fingerprint density at radius 2 is 1.61 bits per heavy atom. The van der Waals surface area contributed by atoms with Crippen LogP contribution in [-0.4, -0.2) is 172 Å². The Labute approximate surface area is 254 Å². The third kappa shape index (κ3) is 8.57. The predicted octanol–water partition coefficient (Wildman–Crippen LogP) is -7.83. The first-order valence-corrected chi connectivity index (χ1v) is 14.6. The van der Waals surface area contributed by atoms with Crippen molar-refractivity contribution in [3.8, 4) is 0 Å². The maximum Gasteiger partial charge on any atom is 0.250 e. The third-order valence-electron chi connectivity index (χ3n) is 8.30. The number of carbonyl (C=O) groups excluding carboxylic acids is 1. The van der Waals surface area contributed by atoms with Gasteiger partial charge >= 0.3 is 0 Å². The summed E-state index contributed by atoms with van der Waals surface area (Å²) in [6, 6.07) is -4.39. The molecule has 0 bridgehead atoms. The fourth-order valence-corrected chi connectivity index (χ4v) is 5.48. The van der Waals surface area contributed by atoms with Gasteiger partial charge in [0.15, 0.2) is 18.9 Å². The lowest BCUT2D eigenvalue weighted by Crippen LogP contribution is -2.67. The number of nitrogens with two attached hydrogens (primary N) is 4. The highest BCUT2D eigenvalue weighted by Gasteiger charge is 2.49. The van der Waals surface area contributed by atoms with E-state index in [0.717, 1.165) is 0 Å². The maximum atomic E-state index is 12.1. The van der Waals surface area contributed by atoms with Gasteiger partial charge in [-0.15, -0.1) is 0 Å². The molecule has 3 rings (SSSR count). The van der Waals surface area contributed by atoms with Crippen molar-refractivity contribution in [1.29, 1.82) is 0 Å². The lowest BCUT2D eigenvalue weighted by atomic mass is 9.84. The number of rotatable bonds is 13. The van der Waals surface area contributed by atoms with Crippen molar-refractivity contribution < 1.29 is 64.2 Å². The van der Waals surface area contributed by atoms with Crippen molar-refractivity contribution >= 4 is 5.91 Å². The first-order valence-electron chi connectivity index (χ1n) is 14.6. The molecule has 1 amide bonds. The van der Waals surface area contributed by atoms with Crippen LogP contribution in [0.25, 0.3) is 0 Å². The van der Waals surface area contributed by atoms with Crippen LogP contribution in [0.4, 0.5) is 0 Å². The van der Waals surface area contributed by atoms with Crippen LogP contribution >= 0.6 is 0 Å². The van der Waals surface area contributed by atoms with Crippen molar-refractivity contribution in [2.24, 2.45) is 22.9 Å². The van der Waals surface area contributed by atoms with E-state index in [1.165, 1.54) is 7.05 Å². The normalized spacial score (nSPS) is 43.7. The van der Waals surface area contributed by atoms with Crippen LogP contribution in [0, 0.1) is 0 Å². The van der Waals surface area contributed by atoms with Crippen molar-refractivity contribution in [2.75, 3.05) is 26.8 Å². The highest BCUT2D eigenvalue weighted by molar-refractivity contribution is 5.81. The van der Waals surface area contributed by atoms with Gasteiger partial charge in [0.05, 0.1) is 49.7 Å². The summed E-state index contributed by atoms with van der Waals surface area (Å²) in [5.41, 5.74) is 23.6. The minimum Gasteiger partial charge on any atom is -0.395 e. The summed E-state index contributed by atoms with van der Waals surface area (Å²) in [6.45, 7) is 0.0698. The molecule has 258 valence electrons. The molecule has 1 aliphatic carbocycles. The number of aliphatic hydroxyl groups excluding tert-OH is 7. The van der Waals surface area contributed by atoms with Gasteiger partial charge in [-0.05, 0) is 26.8 Å². The second-order valence-corrected chi connectivity index (χ2v) is 11.5. The standard InChI is InChI=1S/C25H50N6O13/c1-8-14(4-11(29)23(40-8)43-21-10(28)3-9(27)17(35)19(21)37)41-24(12(6-32)30-2)44-25-20(38)18(36)16(15(7-33)42-25)31-22(39)13(34)5-26/h8-21,23-25,30,32-38H,3-7,26-29H2,1-2H3,(H,31,39)/t8?,9-,10?,11?,12?,13+,14+,15?,16-,17?,18?,19-,20?,21-,23-,24?,25-/m1/s1. The summed E-state index contributed by atoms with van der Waals surface area (Å²) in [6.07, 6.45) is -15.0. The SMILES string of the molecule is CNC(CO)C(O[C@H]1OC(CO)[C@@H](NC(=O)[C@@H](O)CN)C(O)C1O)O[C@H]1CC(N)[C@@H](O[C@@H]2C(N)C[C@@H](N)C(O)[C@H]2O)OC1C. The van der Waals surface area contributed by atoms with Gasteiger partial charge in [-0.25, -0.2) is 0 Å². The molecule has 19 heteroatoms. The molecule has 44 heavy (non-hydrogen) atoms. The lowest BCUT2D eigenvalue weighted by molar-refractivity contribution is -0.346. The van der Waals surface area contributed by atoms with E-state index in [-0.39, 0.29) is 12.8 Å². The molecular weight excluding hydrogens is 592 g/mol. The Morgan fingerprint density at radius 1 is 0.932 bits per heavy atom. The Morgan fingerprint density at radius 3 is 2.20 bits per heavy atom. The highest BCUT2D eigenvalue weighted by atomic mass is 16.8. The average molecular weight is 643 g/mol. The number of hydrogen-bond donors (Lipinski definition) is 13. The molecule has 19 nitrogen and oxygen atoms in total. The highest BCUT2D eigenvalue weighted by Crippen LogP contribution is 2.30. The summed E-state index contributed by atoms with van der Waals surface area (Å²) in [5.74, 6) is -0.938. The summed E-state index contributed by atoms with van der Waals surface area (Å²) < 4.78 is 29.5. The summed E-state index contributed by atoms with van der Waals surface area (Å²) in [4.78, 5) is 12.1. The number of hydrogen-bond acceptors (Lipinski definition) is 18. The molecule has 0 spiro atoms. The van der Waals surface area contributed by atoms with Gasteiger partial charge in [-0.2, -0.15) is 0 Å². The quantitative estimate of drug-likeness (QED) is 0.0829. The predicted molar refractivity (Wildman–Crippen MR) is 149 cm³/mol. The molecule has 2 saturated heterocycles. The van der Waals surface area contributed by atoms with Crippen LogP contribution < -0.4 is 33.6 Å². The van der Waals surface area contributed by atoms with Gasteiger partial charge in [0, 0.05) is 18.6 Å². The van der Waals surface area contributed by atoms with Gasteiger partial charge in [-0.3, -0.25) is 4.79 Å². The lowest BCUT2D eigenvalue weighted by Gasteiger charge is -2.46. The first kappa shape index (κ1) is 37.2. The van der Waals surface area contributed by atoms with Gasteiger partial charge in [0.25, 0.3) is 5.91 Å². The smallest absolute Gasteiger partial charge is 0.250 e. The molecule has 0 aromatic heterocycles. The Hall–Kier alpha value is -1.21. The molecule has 17 atom stereocenters. The molecule has 2 heterocycles. The van der Waals surface area contributed by atoms with Crippen LogP contribution in [-0.2, 0) is 28.5 Å². The Kier molecular flexibility index (Phi) is 14.0. The minimum atomic E-state index is -1.77. The third-order valence-corrected chi connectivity index (χ3v) is 8.30. The van der Waals surface area contributed by atoms with Crippen molar-refractivity contribution in [1.82, 2.24) is 10.6 Å². The van der Waals surface area contributed by atoms with Crippen molar-refractivity contribution in [3.63, 3.8) is 0 Å². The zero-order valence-electron chi connectivity index (χ0n) is 24.7. The minimum absolute atomic E-state index is 0.140. The Balaban J connectivity index is 1.68. The van der Waals surface area contributed by atoms with E-state index in [9.17, 15) is 40.5 Å². The molecule has 2 aliphatic heterocycles. The number of likely N-dealkylation sites (N-methyl/N-ethyl adjacent to an activating group) is 1. The van der Waals surface area contributed by atoms with Crippen LogP contribution in [0.2, 0.25) is 0 Å². The fraction of sp³-hybridized carbons (Fsp3) is 0.960. The van der Waals surface area contributed by atoms with Crippen molar-refractivity contribution in [2.45, 2.75) is 124 Å². The molecule has 17 N–H and O–H groups in total. The zero-order valence-corrected chi connectivity index (χ0v) is 24.7. The van der Waals surface area contributed by atoms with Gasteiger partial charge < -0.3 is 93.0 Å². The van der Waals surface area contributed by atoms with Crippen molar-refractivity contribution in [3.05, 3.63) is 0 Å². The van der Waals surface area contributed by atoms with Crippen LogP contribution in [0.3, 0.4) is 0 Å². The molecular formula is C25H50N6O13. The molecule has 9 unspecified atom stereocenters. The van der Waals surface area contributed by atoms with Crippen LogP contribution in [0.15, 0.2) is 0 Å². The second-order valence-electron chi connectivity index (χ2n) is 11.5. The van der Waals surface area contributed by atoms with E-state index in [1.54, 1.807) is 6.92 Å². The Bertz CT molecular complexity index is 893. The summed E-state index contributed by atoms with van der Waals surface area (Å²) in [7, 11) is 1.52. The topological polar surface area (TPSA) is 333 Å². The molecule has 3 fully saturated rings. The molecule has 0 aromatic carbocycles. The number of aliphatic hydroxyl groups is 7. The first-order chi connectivity index (χ1) is 20.8. The number of carbonyl (C=O) groups is 1. The molecule has 0 aromatic rings. The average Bonchev–Trinajstić information content (AvgIpc) is 2.99.